The van der Waals surface area contributed by atoms with Crippen molar-refractivity contribution in [1.82, 2.24) is 14.8 Å². The van der Waals surface area contributed by atoms with E-state index in [-0.39, 0.29) is 31.1 Å². The lowest BCUT2D eigenvalue weighted by Gasteiger charge is -2.21. The molecule has 7 nitrogen and oxygen atoms in total. The van der Waals surface area contributed by atoms with E-state index in [1.54, 1.807) is 16.9 Å². The van der Waals surface area contributed by atoms with Gasteiger partial charge in [0.2, 0.25) is 0 Å². The van der Waals surface area contributed by atoms with Gasteiger partial charge in [-0.2, -0.15) is 5.10 Å². The topological polar surface area (TPSA) is 100 Å². The predicted molar refractivity (Wildman–Crippen MR) is 125 cm³/mol. The molecular weight excluding hydrogens is 440 g/mol. The number of carbonyl (C=O) groups excluding carboxylic acids is 1. The summed E-state index contributed by atoms with van der Waals surface area (Å²) in [6.45, 7) is 3.68. The van der Waals surface area contributed by atoms with Crippen LogP contribution in [0.2, 0.25) is 0 Å². The molecule has 0 saturated carbocycles. The molecule has 180 valence electrons. The average molecular weight is 469 g/mol. The second-order valence-electron chi connectivity index (χ2n) is 8.98. The lowest BCUT2D eigenvalue weighted by molar-refractivity contribution is -0.255. The maximum absolute atomic E-state index is 13.7. The molecule has 0 bridgehead atoms. The zero-order valence-corrected chi connectivity index (χ0v) is 19.3. The first kappa shape index (κ1) is 23.7. The number of pyridine rings is 1. The monoisotopic (exact) mass is 468 g/mol. The third-order valence-corrected chi connectivity index (χ3v) is 6.16. The predicted octanol–water partition coefficient (Wildman–Crippen LogP) is 3.49. The molecule has 4 rings (SSSR count). The van der Waals surface area contributed by atoms with Crippen molar-refractivity contribution in [1.29, 1.82) is 0 Å². The third-order valence-electron chi connectivity index (χ3n) is 6.16. The van der Waals surface area contributed by atoms with Crippen LogP contribution in [0.5, 0.6) is 0 Å². The van der Waals surface area contributed by atoms with Crippen LogP contribution in [-0.2, 0) is 12.8 Å². The van der Waals surface area contributed by atoms with Gasteiger partial charge < -0.3 is 20.5 Å². The molecule has 1 aliphatic rings. The van der Waals surface area contributed by atoms with E-state index in [0.29, 0.717) is 36.5 Å². The van der Waals surface area contributed by atoms with E-state index in [9.17, 15) is 18.7 Å². The molecule has 0 radical (unpaired) electrons. The van der Waals surface area contributed by atoms with Crippen molar-refractivity contribution >= 4 is 17.5 Å². The Kier molecular flexibility index (Phi) is 6.54. The third kappa shape index (κ3) is 4.88. The second-order valence-corrected chi connectivity index (χ2v) is 8.98. The Morgan fingerprint density at radius 2 is 1.97 bits per heavy atom. The highest BCUT2D eigenvalue weighted by Gasteiger charge is 2.39. The molecule has 0 unspecified atom stereocenters. The maximum Gasteiger partial charge on any atom is 0.266 e. The minimum Gasteiger partial charge on any atom is -0.545 e. The smallest absolute Gasteiger partial charge is 0.266 e. The van der Waals surface area contributed by atoms with E-state index >= 15 is 0 Å². The Labute approximate surface area is 197 Å². The summed E-state index contributed by atoms with van der Waals surface area (Å²) in [6.07, 6.45) is 4.72. The molecule has 2 N–H and O–H groups in total. The van der Waals surface area contributed by atoms with Crippen LogP contribution in [0, 0.1) is 0 Å². The number of carboxylic acid groups (broad SMARTS) is 1. The summed E-state index contributed by atoms with van der Waals surface area (Å²) in [5, 5.41) is 15.9. The first-order valence-corrected chi connectivity index (χ1v) is 11.4. The van der Waals surface area contributed by atoms with Gasteiger partial charge in [-0.05, 0) is 50.3 Å². The van der Waals surface area contributed by atoms with Gasteiger partial charge in [-0.25, -0.2) is 13.8 Å². The first-order chi connectivity index (χ1) is 16.2. The van der Waals surface area contributed by atoms with Crippen LogP contribution >= 0.6 is 0 Å². The minimum atomic E-state index is -2.74. The fraction of sp³-hybridized carbons (Fsp3) is 0.400. The number of aromatic carboxylic acids is 1. The first-order valence-electron chi connectivity index (χ1n) is 11.4. The van der Waals surface area contributed by atoms with Crippen LogP contribution in [0.1, 0.15) is 54.3 Å². The summed E-state index contributed by atoms with van der Waals surface area (Å²) in [4.78, 5) is 17.3. The van der Waals surface area contributed by atoms with Gasteiger partial charge in [-0.3, -0.25) is 4.68 Å². The van der Waals surface area contributed by atoms with Crippen molar-refractivity contribution in [2.75, 3.05) is 23.7 Å². The molecule has 3 aromatic rings. The van der Waals surface area contributed by atoms with Crippen molar-refractivity contribution < 1.29 is 18.7 Å². The number of aromatic nitrogens is 3. The van der Waals surface area contributed by atoms with Gasteiger partial charge in [0.05, 0.1) is 23.9 Å². The number of nitrogens with zero attached hydrogens (tertiary/aromatic N) is 4. The van der Waals surface area contributed by atoms with Crippen LogP contribution in [-0.4, -0.2) is 39.7 Å². The molecule has 1 fully saturated rings. The van der Waals surface area contributed by atoms with Gasteiger partial charge in [0.25, 0.3) is 5.92 Å². The number of aryl methyl sites for hydroxylation is 2. The van der Waals surface area contributed by atoms with E-state index in [0.717, 1.165) is 16.7 Å². The number of benzene rings is 1. The highest BCUT2D eigenvalue weighted by atomic mass is 19.3. The summed E-state index contributed by atoms with van der Waals surface area (Å²) in [7, 11) is 0. The summed E-state index contributed by atoms with van der Waals surface area (Å²) in [5.41, 5.74) is 10.1. The maximum atomic E-state index is 13.7. The second kappa shape index (κ2) is 9.40. The van der Waals surface area contributed by atoms with Gasteiger partial charge in [0, 0.05) is 42.5 Å². The number of nitrogen functional groups attached to an aromatic ring is 1. The van der Waals surface area contributed by atoms with E-state index < -0.39 is 11.9 Å². The van der Waals surface area contributed by atoms with Crippen molar-refractivity contribution in [3.05, 3.63) is 59.5 Å². The molecule has 1 aromatic carbocycles. The van der Waals surface area contributed by atoms with Crippen LogP contribution in [0.3, 0.4) is 0 Å². The number of carboxylic acids is 1. The average Bonchev–Trinajstić information content (AvgIpc) is 3.38. The lowest BCUT2D eigenvalue weighted by atomic mass is 9.95. The van der Waals surface area contributed by atoms with Gasteiger partial charge in [-0.15, -0.1) is 0 Å². The van der Waals surface area contributed by atoms with Gasteiger partial charge >= 0.3 is 0 Å². The van der Waals surface area contributed by atoms with Crippen LogP contribution in [0.25, 0.3) is 11.1 Å². The number of hydrogen-bond donors (Lipinski definition) is 1. The Morgan fingerprint density at radius 3 is 2.65 bits per heavy atom. The van der Waals surface area contributed by atoms with Gasteiger partial charge in [0.15, 0.2) is 5.82 Å². The number of nitrogens with two attached hydrogens (primary N) is 1. The molecule has 9 heteroatoms. The van der Waals surface area contributed by atoms with E-state index in [1.807, 2.05) is 38.1 Å². The summed E-state index contributed by atoms with van der Waals surface area (Å²) in [5.74, 6) is -3.59. The summed E-state index contributed by atoms with van der Waals surface area (Å²) >= 11 is 0. The highest BCUT2D eigenvalue weighted by molar-refractivity contribution is 5.87. The molecule has 0 amide bonds. The SMILES string of the molecule is CC(C)n1cc(C(=O)[O-])c(CCCc2ccccc2-c2ccnc(N3CCC(F)(F)C3)c2N)n1. The van der Waals surface area contributed by atoms with Crippen molar-refractivity contribution in [2.24, 2.45) is 0 Å². The minimum absolute atomic E-state index is 0.0481. The normalized spacial score (nSPS) is 15.3. The molecular formula is C25H28F2N5O2-. The van der Waals surface area contributed by atoms with Crippen LogP contribution in [0.4, 0.5) is 20.3 Å². The molecule has 1 aliphatic heterocycles. The van der Waals surface area contributed by atoms with Gasteiger partial charge in [-0.1, -0.05) is 24.3 Å². The zero-order chi connectivity index (χ0) is 24.5. The number of anilines is 2. The number of halogens is 2. The fourth-order valence-corrected chi connectivity index (χ4v) is 4.36. The van der Waals surface area contributed by atoms with E-state index in [4.69, 9.17) is 5.73 Å². The zero-order valence-electron chi connectivity index (χ0n) is 19.3. The van der Waals surface area contributed by atoms with Crippen molar-refractivity contribution in [3.63, 3.8) is 0 Å². The highest BCUT2D eigenvalue weighted by Crippen LogP contribution is 2.38. The number of hydrogen-bond acceptors (Lipinski definition) is 6. The lowest BCUT2D eigenvalue weighted by Crippen LogP contribution is -2.26. The number of alkyl halides is 2. The summed E-state index contributed by atoms with van der Waals surface area (Å²) in [6, 6.07) is 9.62. The molecule has 0 atom stereocenters. The molecule has 2 aromatic heterocycles. The Morgan fingerprint density at radius 1 is 1.21 bits per heavy atom. The number of rotatable bonds is 8. The molecule has 34 heavy (non-hydrogen) atoms. The van der Waals surface area contributed by atoms with Crippen LogP contribution < -0.4 is 15.7 Å². The van der Waals surface area contributed by atoms with E-state index in [2.05, 4.69) is 10.1 Å². The molecule has 0 spiro atoms. The quantitative estimate of drug-likeness (QED) is 0.543. The van der Waals surface area contributed by atoms with Gasteiger partial charge in [0.1, 0.15) is 0 Å². The molecule has 0 aliphatic carbocycles. The van der Waals surface area contributed by atoms with Crippen molar-refractivity contribution in [2.45, 2.75) is 51.5 Å². The number of carbonyl (C=O) groups is 1. The largest absolute Gasteiger partial charge is 0.545 e. The Bertz CT molecular complexity index is 1190. The fourth-order valence-electron chi connectivity index (χ4n) is 4.36. The van der Waals surface area contributed by atoms with Crippen LogP contribution in [0.15, 0.2) is 42.7 Å². The van der Waals surface area contributed by atoms with E-state index in [1.165, 1.54) is 11.1 Å². The Hall–Kier alpha value is -3.49. The molecule has 1 saturated heterocycles. The van der Waals surface area contributed by atoms with Crippen molar-refractivity contribution in [3.8, 4) is 11.1 Å². The summed E-state index contributed by atoms with van der Waals surface area (Å²) < 4.78 is 29.1. The molecule has 3 heterocycles. The standard InChI is InChI=1S/C25H29F2N5O2/c1-16(2)32-14-20(24(33)34)21(30-32)9-5-7-17-6-3-4-8-18(17)19-10-12-29-23(22(19)28)31-13-11-25(26,27)15-31/h3-4,6,8,10,12,14,16H,5,7,9,11,13,15,28H2,1-2H3,(H,33,34)/p-1. The Balaban J connectivity index is 1.55.